The van der Waals surface area contributed by atoms with Crippen LogP contribution in [-0.4, -0.2) is 19.8 Å². The van der Waals surface area contributed by atoms with Gasteiger partial charge in [-0.3, -0.25) is 4.57 Å². The van der Waals surface area contributed by atoms with Gasteiger partial charge in [0.1, 0.15) is 0 Å². The van der Waals surface area contributed by atoms with Crippen molar-refractivity contribution in [3.8, 4) is 0 Å². The Hall–Kier alpha value is -0.380. The summed E-state index contributed by atoms with van der Waals surface area (Å²) in [7, 11) is -3.35. The molecule has 0 aromatic heterocycles. The third-order valence-corrected chi connectivity index (χ3v) is 4.89. The zero-order valence-corrected chi connectivity index (χ0v) is 13.1. The van der Waals surface area contributed by atoms with Crippen molar-refractivity contribution in [3.05, 3.63) is 34.9 Å². The van der Waals surface area contributed by atoms with Gasteiger partial charge in [-0.15, -0.1) is 0 Å². The molecule has 0 spiro atoms. The number of ether oxygens (including phenoxy) is 1. The predicted octanol–water partition coefficient (Wildman–Crippen LogP) is 4.64. The smallest absolute Gasteiger partial charge is 0.361 e. The second-order valence-corrected chi connectivity index (χ2v) is 6.24. The third kappa shape index (κ3) is 4.59. The van der Waals surface area contributed by atoms with Crippen LogP contribution in [0.1, 0.15) is 32.2 Å². The Morgan fingerprint density at radius 2 is 1.58 bits per heavy atom. The first-order valence-corrected chi connectivity index (χ1v) is 8.32. The summed E-state index contributed by atoms with van der Waals surface area (Å²) in [6.07, 6.45) is 0. The van der Waals surface area contributed by atoms with E-state index in [2.05, 4.69) is 0 Å². The molecule has 0 unspecified atom stereocenters. The van der Waals surface area contributed by atoms with Crippen LogP contribution in [0.3, 0.4) is 0 Å². The van der Waals surface area contributed by atoms with Gasteiger partial charge in [0.25, 0.3) is 0 Å². The summed E-state index contributed by atoms with van der Waals surface area (Å²) >= 11 is 5.86. The van der Waals surface area contributed by atoms with Crippen LogP contribution in [0.15, 0.2) is 24.3 Å². The average Bonchev–Trinajstić information content (AvgIpc) is 2.38. The van der Waals surface area contributed by atoms with Gasteiger partial charge in [0.05, 0.1) is 13.2 Å². The highest BCUT2D eigenvalue weighted by Crippen LogP contribution is 2.61. The van der Waals surface area contributed by atoms with E-state index in [1.165, 1.54) is 0 Å². The summed E-state index contributed by atoms with van der Waals surface area (Å²) in [4.78, 5) is 0. The van der Waals surface area contributed by atoms with Gasteiger partial charge in [-0.2, -0.15) is 0 Å². The van der Waals surface area contributed by atoms with Gasteiger partial charge in [-0.25, -0.2) is 0 Å². The number of rotatable bonds is 8. The van der Waals surface area contributed by atoms with Crippen LogP contribution in [-0.2, 0) is 18.3 Å². The minimum Gasteiger partial charge on any atom is -0.361 e. The van der Waals surface area contributed by atoms with Crippen LogP contribution in [0.25, 0.3) is 0 Å². The van der Waals surface area contributed by atoms with E-state index in [4.69, 9.17) is 25.4 Å². The van der Waals surface area contributed by atoms with Gasteiger partial charge >= 0.3 is 7.60 Å². The normalized spacial score (nSPS) is 13.5. The van der Waals surface area contributed by atoms with E-state index in [0.29, 0.717) is 24.8 Å². The Morgan fingerprint density at radius 3 is 2.00 bits per heavy atom. The molecule has 0 bridgehead atoms. The van der Waals surface area contributed by atoms with Gasteiger partial charge < -0.3 is 13.8 Å². The molecule has 1 aromatic rings. The predicted molar refractivity (Wildman–Crippen MR) is 76.7 cm³/mol. The highest BCUT2D eigenvalue weighted by atomic mass is 35.5. The Bertz CT molecular complexity index is 411. The number of hydrogen-bond donors (Lipinski definition) is 0. The molecule has 0 aliphatic heterocycles. The summed E-state index contributed by atoms with van der Waals surface area (Å²) in [5.74, 6) is -0.727. The molecule has 0 saturated carbocycles. The Balaban J connectivity index is 3.09. The van der Waals surface area contributed by atoms with E-state index in [9.17, 15) is 4.57 Å². The van der Waals surface area contributed by atoms with Gasteiger partial charge in [-0.1, -0.05) is 23.7 Å². The molecular weight excluding hydrogens is 287 g/mol. The van der Waals surface area contributed by atoms with Crippen LogP contribution >= 0.6 is 19.2 Å². The molecule has 6 heteroatoms. The zero-order valence-electron chi connectivity index (χ0n) is 11.5. The van der Waals surface area contributed by atoms with Crippen molar-refractivity contribution in [2.75, 3.05) is 19.8 Å². The second kappa shape index (κ2) is 8.03. The Kier molecular flexibility index (Phi) is 7.05. The fourth-order valence-corrected chi connectivity index (χ4v) is 3.75. The fourth-order valence-electron chi connectivity index (χ4n) is 1.69. The quantitative estimate of drug-likeness (QED) is 0.656. The maximum absolute atomic E-state index is 12.8. The van der Waals surface area contributed by atoms with Crippen LogP contribution in [0.4, 0.5) is 0 Å². The lowest BCUT2D eigenvalue weighted by Crippen LogP contribution is -2.10. The van der Waals surface area contributed by atoms with E-state index in [1.54, 1.807) is 38.1 Å². The summed E-state index contributed by atoms with van der Waals surface area (Å²) in [5, 5.41) is 0.613. The molecule has 1 atom stereocenters. The van der Waals surface area contributed by atoms with Crippen molar-refractivity contribution in [2.45, 2.75) is 26.6 Å². The molecule has 0 aliphatic carbocycles. The number of hydrogen-bond acceptors (Lipinski definition) is 4. The molecule has 19 heavy (non-hydrogen) atoms. The van der Waals surface area contributed by atoms with E-state index in [0.717, 1.165) is 5.56 Å². The maximum atomic E-state index is 12.8. The van der Waals surface area contributed by atoms with Crippen molar-refractivity contribution in [1.29, 1.82) is 0 Å². The summed E-state index contributed by atoms with van der Waals surface area (Å²) in [6.45, 7) is 6.40. The highest BCUT2D eigenvalue weighted by Gasteiger charge is 2.37. The van der Waals surface area contributed by atoms with Gasteiger partial charge in [0.15, 0.2) is 5.85 Å². The largest absolute Gasteiger partial charge is 0.363 e. The highest BCUT2D eigenvalue weighted by molar-refractivity contribution is 7.54. The first-order valence-electron chi connectivity index (χ1n) is 6.33. The van der Waals surface area contributed by atoms with E-state index < -0.39 is 13.4 Å². The summed E-state index contributed by atoms with van der Waals surface area (Å²) < 4.78 is 29.1. The van der Waals surface area contributed by atoms with E-state index >= 15 is 0 Å². The average molecular weight is 307 g/mol. The molecule has 0 fully saturated rings. The molecule has 108 valence electrons. The maximum Gasteiger partial charge on any atom is 0.363 e. The molecular formula is C13H20ClO4P. The molecule has 0 radical (unpaired) electrons. The molecule has 4 nitrogen and oxygen atoms in total. The van der Waals surface area contributed by atoms with Gasteiger partial charge in [0.2, 0.25) is 0 Å². The first-order chi connectivity index (χ1) is 9.07. The Labute approximate surface area is 119 Å². The van der Waals surface area contributed by atoms with Crippen molar-refractivity contribution in [3.63, 3.8) is 0 Å². The fraction of sp³-hybridized carbons (Fsp3) is 0.538. The van der Waals surface area contributed by atoms with Crippen LogP contribution < -0.4 is 0 Å². The minimum atomic E-state index is -3.35. The third-order valence-electron chi connectivity index (χ3n) is 2.38. The summed E-state index contributed by atoms with van der Waals surface area (Å²) in [6, 6.07) is 7.00. The first kappa shape index (κ1) is 16.7. The van der Waals surface area contributed by atoms with Crippen molar-refractivity contribution >= 4 is 19.2 Å². The molecule has 0 amide bonds. The van der Waals surface area contributed by atoms with Gasteiger partial charge in [0, 0.05) is 11.6 Å². The van der Waals surface area contributed by atoms with Crippen LogP contribution in [0.2, 0.25) is 5.02 Å². The van der Waals surface area contributed by atoms with Crippen molar-refractivity contribution < 1.29 is 18.3 Å². The number of benzene rings is 1. The lowest BCUT2D eigenvalue weighted by molar-refractivity contribution is 0.0783. The standard InChI is InChI=1S/C13H20ClO4P/c1-4-16-13(11-7-9-12(14)10-8-11)19(15,17-5-2)18-6-3/h7-10,13H,4-6H2,1-3H3/t13-/m1/s1. The lowest BCUT2D eigenvalue weighted by Gasteiger charge is -2.26. The molecule has 1 aromatic carbocycles. The van der Waals surface area contributed by atoms with Crippen molar-refractivity contribution in [2.24, 2.45) is 0 Å². The molecule has 1 rings (SSSR count). The Morgan fingerprint density at radius 1 is 1.05 bits per heavy atom. The minimum absolute atomic E-state index is 0.300. The molecule has 0 aliphatic rings. The lowest BCUT2D eigenvalue weighted by atomic mass is 10.2. The monoisotopic (exact) mass is 306 g/mol. The van der Waals surface area contributed by atoms with E-state index in [-0.39, 0.29) is 0 Å². The SMILES string of the molecule is CCO[C@@H](c1ccc(Cl)cc1)P(=O)(OCC)OCC. The van der Waals surface area contributed by atoms with E-state index in [1.807, 2.05) is 6.92 Å². The second-order valence-electron chi connectivity index (χ2n) is 3.73. The van der Waals surface area contributed by atoms with Crippen LogP contribution in [0.5, 0.6) is 0 Å². The zero-order chi connectivity index (χ0) is 14.3. The van der Waals surface area contributed by atoms with Crippen molar-refractivity contribution in [1.82, 2.24) is 0 Å². The summed E-state index contributed by atoms with van der Waals surface area (Å²) in [5.41, 5.74) is 0.733. The molecule has 0 N–H and O–H groups in total. The molecule has 0 heterocycles. The molecule has 0 saturated heterocycles. The number of halogens is 1. The topological polar surface area (TPSA) is 44.8 Å². The van der Waals surface area contributed by atoms with Crippen LogP contribution in [0, 0.1) is 0 Å². The van der Waals surface area contributed by atoms with Gasteiger partial charge in [-0.05, 0) is 38.5 Å².